The number of rotatable bonds is 1. The number of benzene rings is 2. The molecule has 22 heavy (non-hydrogen) atoms. The molecule has 4 heteroatoms. The van der Waals surface area contributed by atoms with Crippen LogP contribution in [-0.2, 0) is 0 Å². The van der Waals surface area contributed by atoms with Crippen LogP contribution in [0.5, 0.6) is 0 Å². The van der Waals surface area contributed by atoms with Crippen molar-refractivity contribution >= 4 is 38.1 Å². The topological polar surface area (TPSA) is 50.2 Å². The van der Waals surface area contributed by atoms with E-state index in [4.69, 9.17) is 11.5 Å². The summed E-state index contributed by atoms with van der Waals surface area (Å²) in [7, 11) is 0. The second-order valence-corrected chi connectivity index (χ2v) is 6.14. The van der Waals surface area contributed by atoms with Crippen molar-refractivity contribution < 1.29 is 9.90 Å². The van der Waals surface area contributed by atoms with E-state index in [9.17, 15) is 4.79 Å². The number of para-hydroxylation sites is 1. The van der Waals surface area contributed by atoms with E-state index in [1.807, 2.05) is 18.2 Å². The zero-order chi connectivity index (χ0) is 15.7. The maximum Gasteiger partial charge on any atom is -0.0184 e. The van der Waals surface area contributed by atoms with Gasteiger partial charge in [0.15, 0.2) is 0 Å². The Morgan fingerprint density at radius 1 is 1.14 bits per heavy atom. The van der Waals surface area contributed by atoms with Crippen molar-refractivity contribution in [1.29, 1.82) is 0 Å². The van der Waals surface area contributed by atoms with Gasteiger partial charge >= 0.3 is 101 Å². The zero-order valence-corrected chi connectivity index (χ0v) is 14.0. The maximum atomic E-state index is 11.0. The van der Waals surface area contributed by atoms with Gasteiger partial charge in [-0.3, -0.25) is 0 Å². The number of aromatic nitrogens is 1. The number of hydrogen-bond acceptors (Lipinski definition) is 2. The average Bonchev–Trinajstić information content (AvgIpc) is 2.50. The Bertz CT molecular complexity index is 903. The molecule has 1 unspecified atom stereocenters. The van der Waals surface area contributed by atoms with Gasteiger partial charge in [0, 0.05) is 0 Å². The molecule has 0 amide bonds. The molecule has 1 heterocycles. The Kier molecular flexibility index (Phi) is 3.71. The molecule has 0 bridgehead atoms. The third-order valence-corrected chi connectivity index (χ3v) is 4.43. The van der Waals surface area contributed by atoms with Crippen molar-refractivity contribution in [3.8, 4) is 23.5 Å². The van der Waals surface area contributed by atoms with Gasteiger partial charge in [-0.25, -0.2) is 0 Å². The number of carbonyl (C=O) groups is 1. The Hall–Kier alpha value is -2.56. The van der Waals surface area contributed by atoms with Crippen molar-refractivity contribution in [2.75, 3.05) is 0 Å². The quantitative estimate of drug-likeness (QED) is 0.421. The van der Waals surface area contributed by atoms with Gasteiger partial charge in [0.2, 0.25) is 0 Å². The summed E-state index contributed by atoms with van der Waals surface area (Å²) >= 11 is 1.41. The minimum Gasteiger partial charge on any atom is -0.0538 e. The van der Waals surface area contributed by atoms with Crippen LogP contribution >= 0.6 is 0 Å². The Morgan fingerprint density at radius 3 is 2.23 bits per heavy atom. The summed E-state index contributed by atoms with van der Waals surface area (Å²) < 4.78 is 0.996. The van der Waals surface area contributed by atoms with Crippen LogP contribution in [0, 0.1) is 12.3 Å². The smallest absolute Gasteiger partial charge is 0.0184 e. The Morgan fingerprint density at radius 2 is 1.77 bits per heavy atom. The molecule has 1 N–H and O–H groups in total. The summed E-state index contributed by atoms with van der Waals surface area (Å²) in [5.74, 6) is 1.26. The molecule has 2 aliphatic rings. The first-order chi connectivity index (χ1) is 10.6. The summed E-state index contributed by atoms with van der Waals surface area (Å²) in [4.78, 5) is 15.1. The van der Waals surface area contributed by atoms with Gasteiger partial charge in [-0.2, -0.15) is 0 Å². The van der Waals surface area contributed by atoms with Crippen molar-refractivity contribution in [3.05, 3.63) is 59.8 Å². The number of carboxylic acids is 1. The summed E-state index contributed by atoms with van der Waals surface area (Å²) in [5.41, 5.74) is 3.82. The van der Waals surface area contributed by atoms with E-state index in [1.165, 1.54) is 28.0 Å². The predicted molar refractivity (Wildman–Crippen MR) is 90.3 cm³/mol. The third kappa shape index (κ3) is 2.50. The van der Waals surface area contributed by atoms with Crippen molar-refractivity contribution in [2.24, 2.45) is 0 Å². The van der Waals surface area contributed by atoms with Gasteiger partial charge in [0.05, 0.1) is 0 Å². The zero-order valence-electron chi connectivity index (χ0n) is 11.6. The van der Waals surface area contributed by atoms with Gasteiger partial charge in [-0.05, 0) is 11.1 Å². The number of nitrogens with zero attached hydrogens (tertiary/aromatic N) is 1. The molecule has 0 saturated heterocycles. The molecule has 3 nitrogen and oxygen atoms in total. The molecule has 1 aromatic carbocycles. The van der Waals surface area contributed by atoms with E-state index in [1.54, 1.807) is 6.07 Å². The first-order valence-electron chi connectivity index (χ1n) is 6.60. The van der Waals surface area contributed by atoms with Crippen LogP contribution in [0.25, 0.3) is 22.0 Å². The van der Waals surface area contributed by atoms with Gasteiger partial charge in [0.25, 0.3) is 0 Å². The maximum absolute atomic E-state index is 11.0. The van der Waals surface area contributed by atoms with Crippen molar-refractivity contribution in [3.63, 3.8) is 0 Å². The molecular weight excluding hydrogens is 337 g/mol. The van der Waals surface area contributed by atoms with E-state index in [0.29, 0.717) is 11.1 Å². The van der Waals surface area contributed by atoms with Crippen LogP contribution in [0.2, 0.25) is 0 Å². The van der Waals surface area contributed by atoms with Gasteiger partial charge < -0.3 is 0 Å². The van der Waals surface area contributed by atoms with Crippen LogP contribution in [0.4, 0.5) is 0 Å². The van der Waals surface area contributed by atoms with Gasteiger partial charge in [-0.1, -0.05) is 24.3 Å². The van der Waals surface area contributed by atoms with E-state index in [-0.39, 0.29) is 5.69 Å². The molecule has 106 valence electrons. The third-order valence-electron chi connectivity index (χ3n) is 3.45. The molecule has 2 aliphatic carbocycles. The molecule has 0 saturated carbocycles. The number of hydrogen-bond donors (Lipinski definition) is 1. The molecule has 0 aliphatic heterocycles. The standard InChI is InChI=1S/C12H8AsNO2.C6H4/c1-2-7-6-8-4-3-5-9(13)10(8)14-11(7)12(15)16;1-2-6-4-3-5(1)6/h1,3-6H,13H2,(H,15,16);1-4H. The average molecular weight is 349 g/mol. The normalized spacial score (nSPS) is 10.4. The van der Waals surface area contributed by atoms with E-state index in [0.717, 1.165) is 9.74 Å². The first kappa shape index (κ1) is 14.4. The first-order valence-corrected chi connectivity index (χ1v) is 7.81. The number of fused-ring (bicyclic) bond motifs is 2. The molecular formula is C18H12AsNO2. The van der Waals surface area contributed by atoms with Gasteiger partial charge in [0.1, 0.15) is 0 Å². The number of terminal acetylenes is 1. The number of pyridine rings is 1. The van der Waals surface area contributed by atoms with Crippen LogP contribution in [0.15, 0.2) is 48.5 Å². The molecule has 0 spiro atoms. The fraction of sp³-hybridized carbons (Fsp3) is 0. The molecule has 4 rings (SSSR count). The fourth-order valence-corrected chi connectivity index (χ4v) is 2.88. The molecule has 0 fully saturated rings. The summed E-state index contributed by atoms with van der Waals surface area (Å²) in [6, 6.07) is 15.9. The second kappa shape index (κ2) is 5.67. The fourth-order valence-electron chi connectivity index (χ4n) is 2.16. The summed E-state index contributed by atoms with van der Waals surface area (Å²) in [6.45, 7) is 0. The molecule has 1 aromatic heterocycles. The van der Waals surface area contributed by atoms with Crippen molar-refractivity contribution in [2.45, 2.75) is 0 Å². The van der Waals surface area contributed by atoms with Gasteiger partial charge in [-0.15, -0.1) is 0 Å². The number of aromatic carboxylic acids is 1. The van der Waals surface area contributed by atoms with Crippen LogP contribution in [0.1, 0.15) is 16.1 Å². The van der Waals surface area contributed by atoms with E-state index in [2.05, 4.69) is 35.2 Å². The SMILES string of the molecule is C#Cc1cc2cccc([AsH2])c2nc1C(=O)O.c1cc2ccc1-2. The minimum atomic E-state index is -1.09. The predicted octanol–water partition coefficient (Wildman–Crippen LogP) is 1.84. The van der Waals surface area contributed by atoms with Crippen LogP contribution in [-0.4, -0.2) is 32.9 Å². The minimum absolute atomic E-state index is 0.0555. The molecule has 2 aromatic rings. The van der Waals surface area contributed by atoms with Crippen LogP contribution in [0.3, 0.4) is 0 Å². The van der Waals surface area contributed by atoms with E-state index >= 15 is 0 Å². The number of carboxylic acid groups (broad SMARTS) is 1. The largest absolute Gasteiger partial charge is 0.0538 e. The summed E-state index contributed by atoms with van der Waals surface area (Å²) in [5, 5.41) is 9.87. The monoisotopic (exact) mass is 349 g/mol. The van der Waals surface area contributed by atoms with Crippen LogP contribution < -0.4 is 4.35 Å². The van der Waals surface area contributed by atoms with E-state index < -0.39 is 5.97 Å². The van der Waals surface area contributed by atoms with Crippen molar-refractivity contribution in [1.82, 2.24) is 4.98 Å². The molecule has 0 radical (unpaired) electrons. The summed E-state index contributed by atoms with van der Waals surface area (Å²) in [6.07, 6.45) is 5.27. The Balaban J connectivity index is 0.000000196. The second-order valence-electron chi connectivity index (χ2n) is 4.83. The Labute approximate surface area is 136 Å². The molecule has 1 atom stereocenters.